The highest BCUT2D eigenvalue weighted by molar-refractivity contribution is 5.84. The monoisotopic (exact) mass is 287 g/mol. The first kappa shape index (κ1) is 18.2. The van der Waals surface area contributed by atoms with Crippen LogP contribution in [0.25, 0.3) is 0 Å². The number of hydrogen-bond donors (Lipinski definition) is 3. The Morgan fingerprint density at radius 1 is 1.25 bits per heavy atom. The Morgan fingerprint density at radius 2 is 1.90 bits per heavy atom. The number of nitrogens with zero attached hydrogens (tertiary/aromatic N) is 1. The molecule has 0 rings (SSSR count). The zero-order valence-electron chi connectivity index (χ0n) is 12.4. The summed E-state index contributed by atoms with van der Waals surface area (Å²) in [7, 11) is 0. The molecule has 0 saturated heterocycles. The Balaban J connectivity index is 4.13. The van der Waals surface area contributed by atoms with Crippen molar-refractivity contribution in [3.05, 3.63) is 0 Å². The molecule has 1 atom stereocenters. The number of aliphatic carboxylic acids is 1. The fourth-order valence-corrected chi connectivity index (χ4v) is 1.69. The normalized spacial score (nSPS) is 11.6. The molecule has 0 heterocycles. The average molecular weight is 287 g/mol. The summed E-state index contributed by atoms with van der Waals surface area (Å²) >= 11 is 0. The molecule has 0 aliphatic rings. The van der Waals surface area contributed by atoms with Gasteiger partial charge in [-0.25, -0.2) is 4.79 Å². The third-order valence-corrected chi connectivity index (χ3v) is 2.78. The van der Waals surface area contributed by atoms with Gasteiger partial charge in [-0.15, -0.1) is 0 Å². The molecule has 3 amide bonds. The van der Waals surface area contributed by atoms with E-state index >= 15 is 0 Å². The first-order chi connectivity index (χ1) is 9.40. The fraction of sp³-hybridized carbons (Fsp3) is 0.769. The van der Waals surface area contributed by atoms with Crippen LogP contribution in [0.4, 0.5) is 4.79 Å². The van der Waals surface area contributed by atoms with Crippen LogP contribution in [0.2, 0.25) is 0 Å². The van der Waals surface area contributed by atoms with E-state index in [0.29, 0.717) is 25.9 Å². The average Bonchev–Trinajstić information content (AvgIpc) is 2.35. The van der Waals surface area contributed by atoms with Crippen LogP contribution in [0.3, 0.4) is 0 Å². The maximum absolute atomic E-state index is 11.9. The highest BCUT2D eigenvalue weighted by Gasteiger charge is 2.16. The Kier molecular flexibility index (Phi) is 9.15. The number of carboxylic acids is 1. The van der Waals surface area contributed by atoms with Crippen molar-refractivity contribution < 1.29 is 19.5 Å². The maximum atomic E-state index is 11.9. The second-order valence-corrected chi connectivity index (χ2v) is 4.60. The summed E-state index contributed by atoms with van der Waals surface area (Å²) in [5.41, 5.74) is 0. The largest absolute Gasteiger partial charge is 0.481 e. The molecule has 0 aromatic carbocycles. The Bertz CT molecular complexity index is 334. The van der Waals surface area contributed by atoms with Crippen LogP contribution in [-0.4, -0.2) is 53.6 Å². The van der Waals surface area contributed by atoms with Crippen LogP contribution < -0.4 is 10.6 Å². The number of rotatable bonds is 9. The predicted octanol–water partition coefficient (Wildman–Crippen LogP) is 0.797. The minimum Gasteiger partial charge on any atom is -0.481 e. The highest BCUT2D eigenvalue weighted by Crippen LogP contribution is 2.01. The number of amides is 3. The lowest BCUT2D eigenvalue weighted by molar-refractivity contribution is -0.137. The summed E-state index contributed by atoms with van der Waals surface area (Å²) in [6, 6.07) is -0.424. The van der Waals surface area contributed by atoms with Crippen molar-refractivity contribution in [1.82, 2.24) is 15.5 Å². The topological polar surface area (TPSA) is 98.7 Å². The van der Waals surface area contributed by atoms with Gasteiger partial charge < -0.3 is 20.6 Å². The molecule has 0 saturated carbocycles. The standard InChI is InChI=1S/C13H25N3O4/c1-4-14-11(17)9-16(5-2)13(20)15-10(3)7-6-8-12(18)19/h10H,4-9H2,1-3H3,(H,14,17)(H,15,20)(H,18,19). The van der Waals surface area contributed by atoms with Gasteiger partial charge in [0.25, 0.3) is 0 Å². The van der Waals surface area contributed by atoms with Crippen LogP contribution in [0.5, 0.6) is 0 Å². The summed E-state index contributed by atoms with van der Waals surface area (Å²) in [4.78, 5) is 35.2. The van der Waals surface area contributed by atoms with Crippen molar-refractivity contribution in [1.29, 1.82) is 0 Å². The molecule has 7 nitrogen and oxygen atoms in total. The summed E-state index contributed by atoms with van der Waals surface area (Å²) < 4.78 is 0. The van der Waals surface area contributed by atoms with Gasteiger partial charge in [0.1, 0.15) is 6.54 Å². The Labute approximate surface area is 119 Å². The van der Waals surface area contributed by atoms with E-state index in [4.69, 9.17) is 5.11 Å². The molecular weight excluding hydrogens is 262 g/mol. The number of carboxylic acid groups (broad SMARTS) is 1. The zero-order valence-corrected chi connectivity index (χ0v) is 12.4. The van der Waals surface area contributed by atoms with E-state index < -0.39 is 5.97 Å². The van der Waals surface area contributed by atoms with Crippen molar-refractivity contribution in [3.8, 4) is 0 Å². The predicted molar refractivity (Wildman–Crippen MR) is 75.4 cm³/mol. The maximum Gasteiger partial charge on any atom is 0.318 e. The van der Waals surface area contributed by atoms with Gasteiger partial charge in [-0.1, -0.05) is 0 Å². The molecule has 7 heteroatoms. The van der Waals surface area contributed by atoms with Gasteiger partial charge in [0.2, 0.25) is 5.91 Å². The SMILES string of the molecule is CCNC(=O)CN(CC)C(=O)NC(C)CCCC(=O)O. The van der Waals surface area contributed by atoms with Gasteiger partial charge in [-0.2, -0.15) is 0 Å². The van der Waals surface area contributed by atoms with Crippen LogP contribution in [0, 0.1) is 0 Å². The van der Waals surface area contributed by atoms with E-state index in [1.165, 1.54) is 4.90 Å². The number of carbonyl (C=O) groups is 3. The van der Waals surface area contributed by atoms with E-state index in [-0.39, 0.29) is 30.9 Å². The van der Waals surface area contributed by atoms with Gasteiger partial charge >= 0.3 is 12.0 Å². The molecule has 0 spiro atoms. The third kappa shape index (κ3) is 8.34. The summed E-state index contributed by atoms with van der Waals surface area (Å²) in [6.45, 7) is 6.43. The summed E-state index contributed by atoms with van der Waals surface area (Å²) in [5, 5.41) is 13.9. The summed E-state index contributed by atoms with van der Waals surface area (Å²) in [5.74, 6) is -1.03. The molecule has 0 aromatic heterocycles. The van der Waals surface area contributed by atoms with E-state index in [9.17, 15) is 14.4 Å². The quantitative estimate of drug-likeness (QED) is 0.584. The first-order valence-corrected chi connectivity index (χ1v) is 6.94. The molecular formula is C13H25N3O4. The second-order valence-electron chi connectivity index (χ2n) is 4.60. The van der Waals surface area contributed by atoms with E-state index in [1.54, 1.807) is 6.92 Å². The molecule has 0 aliphatic heterocycles. The van der Waals surface area contributed by atoms with Crippen molar-refractivity contribution in [2.24, 2.45) is 0 Å². The fourth-order valence-electron chi connectivity index (χ4n) is 1.69. The van der Waals surface area contributed by atoms with Gasteiger partial charge in [-0.05, 0) is 33.6 Å². The lowest BCUT2D eigenvalue weighted by atomic mass is 10.1. The van der Waals surface area contributed by atoms with Crippen molar-refractivity contribution in [3.63, 3.8) is 0 Å². The lowest BCUT2D eigenvalue weighted by Gasteiger charge is -2.23. The van der Waals surface area contributed by atoms with E-state index in [0.717, 1.165) is 0 Å². The molecule has 0 aliphatic carbocycles. The van der Waals surface area contributed by atoms with Crippen molar-refractivity contribution in [2.45, 2.75) is 46.1 Å². The number of hydrogen-bond acceptors (Lipinski definition) is 3. The second kappa shape index (κ2) is 10.1. The number of urea groups is 1. The summed E-state index contributed by atoms with van der Waals surface area (Å²) in [6.07, 6.45) is 1.20. The van der Waals surface area contributed by atoms with Crippen LogP contribution in [0.15, 0.2) is 0 Å². The molecule has 1 unspecified atom stereocenters. The first-order valence-electron chi connectivity index (χ1n) is 6.94. The third-order valence-electron chi connectivity index (χ3n) is 2.78. The van der Waals surface area contributed by atoms with Crippen LogP contribution in [0.1, 0.15) is 40.0 Å². The highest BCUT2D eigenvalue weighted by atomic mass is 16.4. The van der Waals surface area contributed by atoms with Crippen molar-refractivity contribution in [2.75, 3.05) is 19.6 Å². The Morgan fingerprint density at radius 3 is 2.40 bits per heavy atom. The minimum absolute atomic E-state index is 0.0258. The number of carbonyl (C=O) groups excluding carboxylic acids is 2. The molecule has 0 radical (unpaired) electrons. The van der Waals surface area contributed by atoms with Crippen LogP contribution >= 0.6 is 0 Å². The van der Waals surface area contributed by atoms with Gasteiger partial charge in [-0.3, -0.25) is 9.59 Å². The molecule has 3 N–H and O–H groups in total. The zero-order chi connectivity index (χ0) is 15.5. The van der Waals surface area contributed by atoms with Crippen LogP contribution in [-0.2, 0) is 9.59 Å². The molecule has 0 aromatic rings. The lowest BCUT2D eigenvalue weighted by Crippen LogP contribution is -2.47. The number of likely N-dealkylation sites (N-methyl/N-ethyl adjacent to an activating group) is 2. The Hall–Kier alpha value is -1.79. The minimum atomic E-state index is -0.838. The van der Waals surface area contributed by atoms with Gasteiger partial charge in [0.15, 0.2) is 0 Å². The van der Waals surface area contributed by atoms with Gasteiger partial charge in [0.05, 0.1) is 0 Å². The smallest absolute Gasteiger partial charge is 0.318 e. The van der Waals surface area contributed by atoms with Gasteiger partial charge in [0, 0.05) is 25.6 Å². The molecule has 20 heavy (non-hydrogen) atoms. The van der Waals surface area contributed by atoms with E-state index in [1.807, 2.05) is 13.8 Å². The molecule has 116 valence electrons. The van der Waals surface area contributed by atoms with E-state index in [2.05, 4.69) is 10.6 Å². The number of nitrogens with one attached hydrogen (secondary N) is 2. The molecule has 0 bridgehead atoms. The molecule has 0 fully saturated rings. The van der Waals surface area contributed by atoms with Crippen molar-refractivity contribution >= 4 is 17.9 Å².